The molecule has 0 aliphatic heterocycles. The van der Waals surface area contributed by atoms with Gasteiger partial charge in [0.05, 0.1) is 11.7 Å². The van der Waals surface area contributed by atoms with Crippen molar-refractivity contribution in [2.45, 2.75) is 25.3 Å². The van der Waals surface area contributed by atoms with Gasteiger partial charge in [0.25, 0.3) is 0 Å². The van der Waals surface area contributed by atoms with Crippen molar-refractivity contribution >= 4 is 11.0 Å². The van der Waals surface area contributed by atoms with E-state index in [4.69, 9.17) is 0 Å². The van der Waals surface area contributed by atoms with E-state index in [9.17, 15) is 0 Å². The minimum atomic E-state index is 0.774. The summed E-state index contributed by atoms with van der Waals surface area (Å²) in [5.41, 5.74) is 2.16. The summed E-state index contributed by atoms with van der Waals surface area (Å²) in [6, 6.07) is 2.79. The Bertz CT molecular complexity index is 499. The van der Waals surface area contributed by atoms with E-state index in [0.29, 0.717) is 0 Å². The van der Waals surface area contributed by atoms with Crippen LogP contribution in [0, 0.1) is 0 Å². The first-order chi connectivity index (χ1) is 7.84. The van der Waals surface area contributed by atoms with Gasteiger partial charge < -0.3 is 9.88 Å². The molecule has 4 heteroatoms. The molecular weight excluding hydrogens is 200 g/mol. The Kier molecular flexibility index (Phi) is 2.36. The molecule has 1 N–H and O–H groups in total. The van der Waals surface area contributed by atoms with Crippen LogP contribution in [0.25, 0.3) is 11.0 Å². The minimum Gasteiger partial charge on any atom is -0.331 e. The average Bonchev–Trinajstić information content (AvgIpc) is 3.06. The highest BCUT2D eigenvalue weighted by atomic mass is 15.1. The number of hydrogen-bond donors (Lipinski definition) is 1. The number of aromatic nitrogens is 3. The molecule has 2 heterocycles. The van der Waals surface area contributed by atoms with Crippen LogP contribution < -0.4 is 5.32 Å². The molecule has 0 atom stereocenters. The average molecular weight is 216 g/mol. The van der Waals surface area contributed by atoms with E-state index in [1.165, 1.54) is 12.8 Å². The SMILES string of the molecule is Cn1c(CCNC2CC2)nc2cnccc21. The summed E-state index contributed by atoms with van der Waals surface area (Å²) in [5, 5.41) is 3.51. The van der Waals surface area contributed by atoms with Crippen LogP contribution in [0.1, 0.15) is 18.7 Å². The molecule has 0 radical (unpaired) electrons. The molecule has 1 aliphatic carbocycles. The standard InChI is InChI=1S/C12H16N4/c1-16-11-4-6-13-8-10(11)15-12(16)5-7-14-9-2-3-9/h4,6,8-9,14H,2-3,5,7H2,1H3. The first-order valence-electron chi connectivity index (χ1n) is 5.83. The molecule has 0 spiro atoms. The van der Waals surface area contributed by atoms with Crippen molar-refractivity contribution < 1.29 is 0 Å². The predicted molar refractivity (Wildman–Crippen MR) is 63.2 cm³/mol. The maximum Gasteiger partial charge on any atom is 0.110 e. The van der Waals surface area contributed by atoms with Gasteiger partial charge in [-0.25, -0.2) is 4.98 Å². The first-order valence-corrected chi connectivity index (χ1v) is 5.83. The summed E-state index contributed by atoms with van der Waals surface area (Å²) in [4.78, 5) is 8.68. The van der Waals surface area contributed by atoms with Gasteiger partial charge in [-0.2, -0.15) is 0 Å². The number of fused-ring (bicyclic) bond motifs is 1. The zero-order valence-corrected chi connectivity index (χ0v) is 9.48. The summed E-state index contributed by atoms with van der Waals surface area (Å²) in [5.74, 6) is 1.14. The highest BCUT2D eigenvalue weighted by Gasteiger charge is 2.20. The molecule has 0 amide bonds. The topological polar surface area (TPSA) is 42.7 Å². The lowest BCUT2D eigenvalue weighted by Gasteiger charge is -2.03. The number of imidazole rings is 1. The lowest BCUT2D eigenvalue weighted by Crippen LogP contribution is -2.20. The van der Waals surface area contributed by atoms with Gasteiger partial charge in [-0.15, -0.1) is 0 Å². The van der Waals surface area contributed by atoms with Gasteiger partial charge in [0.2, 0.25) is 0 Å². The van der Waals surface area contributed by atoms with Crippen molar-refractivity contribution in [3.05, 3.63) is 24.3 Å². The largest absolute Gasteiger partial charge is 0.331 e. The number of pyridine rings is 1. The summed E-state index contributed by atoms with van der Waals surface area (Å²) >= 11 is 0. The second kappa shape index (κ2) is 3.87. The Balaban J connectivity index is 1.77. The summed E-state index contributed by atoms with van der Waals surface area (Å²) < 4.78 is 2.16. The molecule has 1 saturated carbocycles. The van der Waals surface area contributed by atoms with Crippen LogP contribution in [0.2, 0.25) is 0 Å². The first kappa shape index (κ1) is 9.78. The molecule has 0 bridgehead atoms. The van der Waals surface area contributed by atoms with Crippen LogP contribution in [0.3, 0.4) is 0 Å². The molecule has 84 valence electrons. The number of aryl methyl sites for hydroxylation is 1. The third-order valence-electron chi connectivity index (χ3n) is 3.13. The van der Waals surface area contributed by atoms with Crippen molar-refractivity contribution in [1.82, 2.24) is 19.9 Å². The zero-order valence-electron chi connectivity index (χ0n) is 9.48. The Labute approximate surface area is 94.7 Å². The van der Waals surface area contributed by atoms with Gasteiger partial charge in [0.15, 0.2) is 0 Å². The molecule has 16 heavy (non-hydrogen) atoms. The van der Waals surface area contributed by atoms with Crippen LogP contribution in [0.5, 0.6) is 0 Å². The van der Waals surface area contributed by atoms with E-state index < -0.39 is 0 Å². The van der Waals surface area contributed by atoms with Gasteiger partial charge in [-0.05, 0) is 18.9 Å². The normalized spacial score (nSPS) is 15.8. The Morgan fingerprint density at radius 3 is 3.12 bits per heavy atom. The maximum absolute atomic E-state index is 4.59. The number of rotatable bonds is 4. The van der Waals surface area contributed by atoms with E-state index in [2.05, 4.69) is 26.9 Å². The van der Waals surface area contributed by atoms with E-state index in [-0.39, 0.29) is 0 Å². The Hall–Kier alpha value is -1.42. The highest BCUT2D eigenvalue weighted by Crippen LogP contribution is 2.18. The highest BCUT2D eigenvalue weighted by molar-refractivity contribution is 5.74. The fraction of sp³-hybridized carbons (Fsp3) is 0.500. The summed E-state index contributed by atoms with van der Waals surface area (Å²) in [7, 11) is 2.07. The fourth-order valence-electron chi connectivity index (χ4n) is 2.00. The van der Waals surface area contributed by atoms with Crippen LogP contribution in [-0.2, 0) is 13.5 Å². The lowest BCUT2D eigenvalue weighted by molar-refractivity contribution is 0.654. The number of nitrogens with zero attached hydrogens (tertiary/aromatic N) is 3. The molecule has 1 fully saturated rings. The third kappa shape index (κ3) is 1.80. The van der Waals surface area contributed by atoms with E-state index in [0.717, 1.165) is 35.9 Å². The molecule has 0 saturated heterocycles. The second-order valence-corrected chi connectivity index (χ2v) is 4.43. The molecule has 1 aliphatic rings. The van der Waals surface area contributed by atoms with Crippen LogP contribution >= 0.6 is 0 Å². The second-order valence-electron chi connectivity index (χ2n) is 4.43. The number of hydrogen-bond acceptors (Lipinski definition) is 3. The molecule has 4 nitrogen and oxygen atoms in total. The summed E-state index contributed by atoms with van der Waals surface area (Å²) in [6.07, 6.45) is 7.31. The predicted octanol–water partition coefficient (Wildman–Crippen LogP) is 1.26. The van der Waals surface area contributed by atoms with Crippen molar-refractivity contribution in [3.8, 4) is 0 Å². The molecule has 3 rings (SSSR count). The van der Waals surface area contributed by atoms with E-state index in [1.54, 1.807) is 0 Å². The fourth-order valence-corrected chi connectivity index (χ4v) is 2.00. The maximum atomic E-state index is 4.59. The van der Waals surface area contributed by atoms with Crippen LogP contribution in [-0.4, -0.2) is 27.1 Å². The molecular formula is C12H16N4. The third-order valence-corrected chi connectivity index (χ3v) is 3.13. The van der Waals surface area contributed by atoms with Gasteiger partial charge >= 0.3 is 0 Å². The Morgan fingerprint density at radius 2 is 2.38 bits per heavy atom. The van der Waals surface area contributed by atoms with Crippen molar-refractivity contribution in [1.29, 1.82) is 0 Å². The van der Waals surface area contributed by atoms with Crippen LogP contribution in [0.15, 0.2) is 18.5 Å². The van der Waals surface area contributed by atoms with E-state index >= 15 is 0 Å². The molecule has 2 aromatic rings. The van der Waals surface area contributed by atoms with Crippen molar-refractivity contribution in [2.24, 2.45) is 7.05 Å². The minimum absolute atomic E-state index is 0.774. The molecule has 0 aromatic carbocycles. The van der Waals surface area contributed by atoms with Gasteiger partial charge in [-0.1, -0.05) is 0 Å². The van der Waals surface area contributed by atoms with Crippen molar-refractivity contribution in [2.75, 3.05) is 6.54 Å². The van der Waals surface area contributed by atoms with Gasteiger partial charge in [-0.3, -0.25) is 4.98 Å². The smallest absolute Gasteiger partial charge is 0.110 e. The lowest BCUT2D eigenvalue weighted by atomic mass is 10.4. The summed E-state index contributed by atoms with van der Waals surface area (Å²) in [6.45, 7) is 1.02. The monoisotopic (exact) mass is 216 g/mol. The van der Waals surface area contributed by atoms with Gasteiger partial charge in [0, 0.05) is 32.3 Å². The molecule has 2 aromatic heterocycles. The van der Waals surface area contributed by atoms with E-state index in [1.807, 2.05) is 18.5 Å². The Morgan fingerprint density at radius 1 is 1.50 bits per heavy atom. The number of nitrogens with one attached hydrogen (secondary N) is 1. The van der Waals surface area contributed by atoms with Crippen LogP contribution in [0.4, 0.5) is 0 Å². The van der Waals surface area contributed by atoms with Crippen molar-refractivity contribution in [3.63, 3.8) is 0 Å². The quantitative estimate of drug-likeness (QED) is 0.836. The molecule has 0 unspecified atom stereocenters. The zero-order chi connectivity index (χ0) is 11.0. The van der Waals surface area contributed by atoms with Gasteiger partial charge in [0.1, 0.15) is 11.3 Å².